The van der Waals surface area contributed by atoms with E-state index >= 15 is 0 Å². The summed E-state index contributed by atoms with van der Waals surface area (Å²) in [7, 11) is 0. The van der Waals surface area contributed by atoms with Crippen LogP contribution in [0.3, 0.4) is 0 Å². The molecule has 0 aromatic heterocycles. The molecule has 114 valence electrons. The molecule has 5 heteroatoms. The second-order valence-corrected chi connectivity index (χ2v) is 6.23. The van der Waals surface area contributed by atoms with Crippen molar-refractivity contribution in [3.8, 4) is 11.8 Å². The average Bonchev–Trinajstić information content (AvgIpc) is 2.52. The Labute approximate surface area is 137 Å². The summed E-state index contributed by atoms with van der Waals surface area (Å²) in [5.74, 6) is 5.47. The quantitative estimate of drug-likeness (QED) is 0.367. The highest BCUT2D eigenvalue weighted by atomic mass is 32.2. The van der Waals surface area contributed by atoms with E-state index in [0.717, 1.165) is 10.9 Å². The zero-order valence-corrected chi connectivity index (χ0v) is 13.2. The molecule has 4 nitrogen and oxygen atoms in total. The molecular weight excluding hydrogens is 312 g/mol. The molecule has 23 heavy (non-hydrogen) atoms. The number of benzene rings is 2. The van der Waals surface area contributed by atoms with E-state index < -0.39 is 11.9 Å². The Morgan fingerprint density at radius 3 is 2.61 bits per heavy atom. The molecule has 0 atom stereocenters. The molecule has 0 radical (unpaired) electrons. The largest absolute Gasteiger partial charge is 0.386 e. The summed E-state index contributed by atoms with van der Waals surface area (Å²) in [5, 5.41) is 1.43. The maximum absolute atomic E-state index is 11.8. The van der Waals surface area contributed by atoms with Crippen LogP contribution in [0, 0.1) is 11.8 Å². The molecule has 1 aliphatic rings. The Hall–Kier alpha value is -2.58. The lowest BCUT2D eigenvalue weighted by Gasteiger charge is -2.15. The van der Waals surface area contributed by atoms with E-state index in [9.17, 15) is 14.4 Å². The van der Waals surface area contributed by atoms with Crippen molar-refractivity contribution in [3.05, 3.63) is 47.0 Å². The molecule has 2 aromatic rings. The summed E-state index contributed by atoms with van der Waals surface area (Å²) in [4.78, 5) is 34.6. The maximum atomic E-state index is 11.8. The minimum absolute atomic E-state index is 0.0745. The third-order valence-electron chi connectivity index (χ3n) is 3.42. The Balaban J connectivity index is 2.00. The molecule has 0 saturated carbocycles. The molecule has 2 aromatic carbocycles. The van der Waals surface area contributed by atoms with Gasteiger partial charge in [0.1, 0.15) is 0 Å². The van der Waals surface area contributed by atoms with Crippen molar-refractivity contribution < 1.29 is 19.1 Å². The monoisotopic (exact) mass is 324 g/mol. The second kappa shape index (κ2) is 6.27. The van der Waals surface area contributed by atoms with E-state index in [2.05, 4.69) is 11.8 Å². The molecule has 3 rings (SSSR count). The van der Waals surface area contributed by atoms with Gasteiger partial charge in [-0.05, 0) is 23.6 Å². The predicted molar refractivity (Wildman–Crippen MR) is 88.3 cm³/mol. The Kier molecular flexibility index (Phi) is 4.18. The summed E-state index contributed by atoms with van der Waals surface area (Å²) in [5.41, 5.74) is 1.52. The van der Waals surface area contributed by atoms with Crippen LogP contribution in [-0.2, 0) is 9.53 Å². The van der Waals surface area contributed by atoms with Gasteiger partial charge in [-0.1, -0.05) is 35.7 Å². The molecule has 0 unspecified atom stereocenters. The van der Waals surface area contributed by atoms with Crippen LogP contribution in [-0.4, -0.2) is 22.8 Å². The lowest BCUT2D eigenvalue weighted by atomic mass is 9.94. The normalized spacial score (nSPS) is 12.6. The molecule has 0 bridgehead atoms. The van der Waals surface area contributed by atoms with E-state index in [1.54, 1.807) is 24.3 Å². The van der Waals surface area contributed by atoms with Crippen molar-refractivity contribution in [2.24, 2.45) is 0 Å². The van der Waals surface area contributed by atoms with Crippen LogP contribution in [0.4, 0.5) is 0 Å². The van der Waals surface area contributed by atoms with E-state index in [-0.39, 0.29) is 5.12 Å². The number of hydrogen-bond donors (Lipinski definition) is 0. The van der Waals surface area contributed by atoms with Crippen molar-refractivity contribution >= 4 is 39.6 Å². The summed E-state index contributed by atoms with van der Waals surface area (Å²) >= 11 is 1.24. The molecule has 0 N–H and O–H groups in total. The number of hydrogen-bond acceptors (Lipinski definition) is 5. The Morgan fingerprint density at radius 2 is 1.87 bits per heavy atom. The number of esters is 2. The first-order valence-corrected chi connectivity index (χ1v) is 8.01. The van der Waals surface area contributed by atoms with Crippen LogP contribution in [0.15, 0.2) is 30.3 Å². The maximum Gasteiger partial charge on any atom is 0.346 e. The minimum Gasteiger partial charge on any atom is -0.386 e. The summed E-state index contributed by atoms with van der Waals surface area (Å²) < 4.78 is 4.73. The van der Waals surface area contributed by atoms with Gasteiger partial charge in [0, 0.05) is 30.0 Å². The smallest absolute Gasteiger partial charge is 0.346 e. The van der Waals surface area contributed by atoms with Gasteiger partial charge in [-0.2, -0.15) is 0 Å². The lowest BCUT2D eigenvalue weighted by Crippen LogP contribution is -2.19. The number of carbonyl (C=O) groups excluding carboxylic acids is 3. The van der Waals surface area contributed by atoms with Gasteiger partial charge < -0.3 is 4.74 Å². The van der Waals surface area contributed by atoms with Crippen molar-refractivity contribution in [1.29, 1.82) is 0 Å². The zero-order valence-electron chi connectivity index (χ0n) is 12.3. The first kappa shape index (κ1) is 15.3. The van der Waals surface area contributed by atoms with Crippen LogP contribution in [0.2, 0.25) is 0 Å². The van der Waals surface area contributed by atoms with Crippen LogP contribution in [0.25, 0.3) is 10.8 Å². The van der Waals surface area contributed by atoms with Crippen LogP contribution < -0.4 is 0 Å². The van der Waals surface area contributed by atoms with Crippen molar-refractivity contribution in [2.75, 3.05) is 5.75 Å². The highest BCUT2D eigenvalue weighted by Crippen LogP contribution is 2.30. The van der Waals surface area contributed by atoms with E-state index in [4.69, 9.17) is 4.74 Å². The molecule has 0 saturated heterocycles. The second-order valence-electron chi connectivity index (χ2n) is 4.96. The topological polar surface area (TPSA) is 60.4 Å². The molecule has 1 heterocycles. The van der Waals surface area contributed by atoms with Crippen LogP contribution in [0.5, 0.6) is 0 Å². The molecule has 0 amide bonds. The first-order valence-electron chi connectivity index (χ1n) is 7.02. The van der Waals surface area contributed by atoms with Gasteiger partial charge in [0.2, 0.25) is 0 Å². The predicted octanol–water partition coefficient (Wildman–Crippen LogP) is 3.17. The van der Waals surface area contributed by atoms with Gasteiger partial charge >= 0.3 is 11.9 Å². The van der Waals surface area contributed by atoms with Gasteiger partial charge in [-0.25, -0.2) is 9.59 Å². The number of ether oxygens (including phenoxy) is 1. The van der Waals surface area contributed by atoms with E-state index in [1.807, 2.05) is 6.07 Å². The van der Waals surface area contributed by atoms with Crippen molar-refractivity contribution in [3.63, 3.8) is 0 Å². The van der Waals surface area contributed by atoms with Gasteiger partial charge in [0.15, 0.2) is 5.12 Å². The highest BCUT2D eigenvalue weighted by Gasteiger charge is 2.27. The van der Waals surface area contributed by atoms with Crippen molar-refractivity contribution in [1.82, 2.24) is 0 Å². The molecule has 0 fully saturated rings. The van der Waals surface area contributed by atoms with E-state index in [0.29, 0.717) is 28.7 Å². The first-order chi connectivity index (χ1) is 11.1. The number of carbonyl (C=O) groups is 3. The van der Waals surface area contributed by atoms with Crippen LogP contribution >= 0.6 is 11.8 Å². The Morgan fingerprint density at radius 1 is 1.13 bits per heavy atom. The summed E-state index contributed by atoms with van der Waals surface area (Å²) in [6.07, 6.45) is 0.591. The fourth-order valence-corrected chi connectivity index (χ4v) is 2.95. The number of thioether (sulfide) groups is 1. The fourth-order valence-electron chi connectivity index (χ4n) is 2.45. The van der Waals surface area contributed by atoms with Crippen LogP contribution in [0.1, 0.15) is 39.6 Å². The number of rotatable bonds is 2. The molecule has 0 spiro atoms. The van der Waals surface area contributed by atoms with Gasteiger partial charge in [-0.15, -0.1) is 0 Å². The lowest BCUT2D eigenvalue weighted by molar-refractivity contribution is -0.109. The zero-order chi connectivity index (χ0) is 16.4. The fraction of sp³-hybridized carbons (Fsp3) is 0.167. The average molecular weight is 324 g/mol. The third-order valence-corrected chi connectivity index (χ3v) is 4.24. The highest BCUT2D eigenvalue weighted by molar-refractivity contribution is 8.13. The molecule has 0 aliphatic carbocycles. The van der Waals surface area contributed by atoms with Crippen molar-refractivity contribution in [2.45, 2.75) is 13.3 Å². The van der Waals surface area contributed by atoms with E-state index in [1.165, 1.54) is 18.7 Å². The number of cyclic esters (lactones) is 2. The standard InChI is InChI=1S/C18H12O4S/c1-11(19)23-10-3-2-5-12-8-9-15-16-13(12)6-4-7-14(16)17(20)22-18(15)21/h4,6-9H,3,10H2,1H3. The van der Waals surface area contributed by atoms with Gasteiger partial charge in [0.25, 0.3) is 0 Å². The molecule has 1 aliphatic heterocycles. The van der Waals surface area contributed by atoms with Gasteiger partial charge in [0.05, 0.1) is 11.1 Å². The summed E-state index contributed by atoms with van der Waals surface area (Å²) in [6.45, 7) is 1.53. The SMILES string of the molecule is CC(=O)SCCC#Cc1ccc2c3c(cccc13)C(=O)OC2=O. The minimum atomic E-state index is -0.629. The Bertz CT molecular complexity index is 882. The molecular formula is C18H12O4S. The van der Waals surface area contributed by atoms with Gasteiger partial charge in [-0.3, -0.25) is 4.79 Å². The summed E-state index contributed by atoms with van der Waals surface area (Å²) in [6, 6.07) is 8.61. The third kappa shape index (κ3) is 2.99.